The van der Waals surface area contributed by atoms with Crippen LogP contribution in [-0.2, 0) is 11.2 Å². The fourth-order valence-electron chi connectivity index (χ4n) is 3.72. The number of anilines is 1. The summed E-state index contributed by atoms with van der Waals surface area (Å²) in [7, 11) is 0. The molecule has 0 spiro atoms. The second kappa shape index (κ2) is 10.6. The van der Waals surface area contributed by atoms with Crippen molar-refractivity contribution in [2.45, 2.75) is 33.3 Å². The number of benzene rings is 2. The minimum Gasteiger partial charge on any atom is -0.478 e. The predicted octanol–water partition coefficient (Wildman–Crippen LogP) is 3.77. The van der Waals surface area contributed by atoms with Crippen molar-refractivity contribution in [2.24, 2.45) is 0 Å². The quantitative estimate of drug-likeness (QED) is 0.640. The van der Waals surface area contributed by atoms with Crippen LogP contribution >= 0.6 is 11.6 Å². The van der Waals surface area contributed by atoms with E-state index in [0.29, 0.717) is 41.5 Å². The Bertz CT molecular complexity index is 916. The fraction of sp³-hybridized carbons (Fsp3) is 0.417. The van der Waals surface area contributed by atoms with Gasteiger partial charge in [-0.25, -0.2) is 0 Å². The van der Waals surface area contributed by atoms with E-state index in [1.165, 1.54) is 0 Å². The van der Waals surface area contributed by atoms with E-state index in [4.69, 9.17) is 16.3 Å². The molecule has 0 aromatic heterocycles. The molecule has 7 heteroatoms. The third kappa shape index (κ3) is 5.57. The van der Waals surface area contributed by atoms with E-state index in [1.54, 1.807) is 24.0 Å². The summed E-state index contributed by atoms with van der Waals surface area (Å²) in [4.78, 5) is 29.7. The van der Waals surface area contributed by atoms with Crippen molar-refractivity contribution in [3.63, 3.8) is 0 Å². The zero-order chi connectivity index (χ0) is 22.4. The summed E-state index contributed by atoms with van der Waals surface area (Å²) in [5.74, 6) is 0.0129. The molecule has 1 heterocycles. The first-order chi connectivity index (χ1) is 14.9. The predicted molar refractivity (Wildman–Crippen MR) is 124 cm³/mol. The zero-order valence-electron chi connectivity index (χ0n) is 18.4. The molecule has 3 rings (SSSR count). The molecule has 0 bridgehead atoms. The topological polar surface area (TPSA) is 61.9 Å². The summed E-state index contributed by atoms with van der Waals surface area (Å²) in [6, 6.07) is 13.3. The van der Waals surface area contributed by atoms with Crippen LogP contribution in [-0.4, -0.2) is 55.5 Å². The third-order valence-electron chi connectivity index (χ3n) is 5.55. The van der Waals surface area contributed by atoms with Gasteiger partial charge in [-0.3, -0.25) is 9.59 Å². The lowest BCUT2D eigenvalue weighted by Gasteiger charge is -2.34. The molecule has 0 radical (unpaired) electrons. The van der Waals surface area contributed by atoms with Gasteiger partial charge in [-0.2, -0.15) is 0 Å². The number of hydrogen-bond acceptors (Lipinski definition) is 4. The van der Waals surface area contributed by atoms with Gasteiger partial charge in [-0.05, 0) is 44.1 Å². The van der Waals surface area contributed by atoms with Crippen LogP contribution in [0.5, 0.6) is 5.75 Å². The summed E-state index contributed by atoms with van der Waals surface area (Å²) < 4.78 is 5.88. The zero-order valence-corrected chi connectivity index (χ0v) is 19.1. The highest BCUT2D eigenvalue weighted by Gasteiger charge is 2.34. The fourth-order valence-corrected chi connectivity index (χ4v) is 3.93. The van der Waals surface area contributed by atoms with Gasteiger partial charge in [0.1, 0.15) is 0 Å². The van der Waals surface area contributed by atoms with Crippen molar-refractivity contribution in [3.8, 4) is 5.75 Å². The summed E-state index contributed by atoms with van der Waals surface area (Å²) in [5, 5.41) is 3.34. The first-order valence-corrected chi connectivity index (χ1v) is 11.2. The van der Waals surface area contributed by atoms with Crippen LogP contribution in [0.15, 0.2) is 42.5 Å². The smallest absolute Gasteiger partial charge is 0.267 e. The third-order valence-corrected chi connectivity index (χ3v) is 5.77. The van der Waals surface area contributed by atoms with Gasteiger partial charge >= 0.3 is 0 Å². The van der Waals surface area contributed by atoms with Gasteiger partial charge in [0, 0.05) is 24.7 Å². The number of nitrogens with one attached hydrogen (secondary N) is 1. The number of rotatable bonds is 9. The van der Waals surface area contributed by atoms with Gasteiger partial charge in [0.05, 0.1) is 11.3 Å². The number of likely N-dealkylation sites (N-methyl/N-ethyl adjacent to an activating group) is 1. The first-order valence-electron chi connectivity index (χ1n) is 10.8. The van der Waals surface area contributed by atoms with E-state index in [-0.39, 0.29) is 11.8 Å². The minimum atomic E-state index is -0.674. The molecule has 0 aliphatic carbocycles. The van der Waals surface area contributed by atoms with E-state index in [9.17, 15) is 9.59 Å². The molecule has 2 amide bonds. The molecule has 31 heavy (non-hydrogen) atoms. The monoisotopic (exact) mass is 443 g/mol. The maximum absolute atomic E-state index is 12.9. The molecule has 1 aliphatic heterocycles. The van der Waals surface area contributed by atoms with E-state index in [0.717, 1.165) is 25.2 Å². The number of amides is 2. The highest BCUT2D eigenvalue weighted by molar-refractivity contribution is 6.31. The lowest BCUT2D eigenvalue weighted by Crippen LogP contribution is -2.46. The van der Waals surface area contributed by atoms with E-state index in [2.05, 4.69) is 24.1 Å². The Labute approximate surface area is 189 Å². The molecular formula is C24H30ClN3O3. The van der Waals surface area contributed by atoms with Crippen molar-refractivity contribution >= 4 is 29.1 Å². The maximum atomic E-state index is 12.9. The largest absolute Gasteiger partial charge is 0.478 e. The molecule has 0 saturated heterocycles. The summed E-state index contributed by atoms with van der Waals surface area (Å²) >= 11 is 6.34. The van der Waals surface area contributed by atoms with Crippen molar-refractivity contribution < 1.29 is 14.3 Å². The van der Waals surface area contributed by atoms with Gasteiger partial charge in [0.25, 0.3) is 11.8 Å². The molecule has 0 fully saturated rings. The molecule has 166 valence electrons. The van der Waals surface area contributed by atoms with E-state index < -0.39 is 6.10 Å². The van der Waals surface area contributed by atoms with Gasteiger partial charge in [-0.15, -0.1) is 0 Å². The van der Waals surface area contributed by atoms with Crippen LogP contribution in [0.4, 0.5) is 5.69 Å². The second-order valence-corrected chi connectivity index (χ2v) is 8.01. The van der Waals surface area contributed by atoms with E-state index >= 15 is 0 Å². The van der Waals surface area contributed by atoms with Crippen LogP contribution in [0.25, 0.3) is 0 Å². The van der Waals surface area contributed by atoms with Crippen LogP contribution in [0.2, 0.25) is 5.02 Å². The van der Waals surface area contributed by atoms with Gasteiger partial charge in [0.2, 0.25) is 0 Å². The molecule has 1 unspecified atom stereocenters. The van der Waals surface area contributed by atoms with Crippen molar-refractivity contribution in [3.05, 3.63) is 58.6 Å². The molecule has 1 aliphatic rings. The Morgan fingerprint density at radius 2 is 1.90 bits per heavy atom. The van der Waals surface area contributed by atoms with E-state index in [1.807, 2.05) is 30.3 Å². The van der Waals surface area contributed by atoms with Crippen molar-refractivity contribution in [1.29, 1.82) is 0 Å². The van der Waals surface area contributed by atoms with Crippen LogP contribution in [0.1, 0.15) is 36.7 Å². The minimum absolute atomic E-state index is 0.140. The Kier molecular flexibility index (Phi) is 7.93. The molecule has 2 aromatic carbocycles. The highest BCUT2D eigenvalue weighted by atomic mass is 35.5. The lowest BCUT2D eigenvalue weighted by atomic mass is 10.1. The Balaban J connectivity index is 1.82. The van der Waals surface area contributed by atoms with Crippen LogP contribution < -0.4 is 15.0 Å². The number of carbonyl (C=O) groups is 2. The molecule has 0 saturated carbocycles. The van der Waals surface area contributed by atoms with Gasteiger partial charge in [0.15, 0.2) is 11.9 Å². The van der Waals surface area contributed by atoms with Crippen LogP contribution in [0, 0.1) is 0 Å². The van der Waals surface area contributed by atoms with Crippen molar-refractivity contribution in [1.82, 2.24) is 10.2 Å². The molecule has 1 atom stereocenters. The number of halogens is 1. The number of carbonyl (C=O) groups excluding carboxylic acids is 2. The summed E-state index contributed by atoms with van der Waals surface area (Å²) in [5.41, 5.74) is 2.03. The SMILES string of the molecule is CCN(CC)CCNC(=O)c1cc(Cl)cc2c1OC(C)C(=O)N2CCc1ccccc1. The van der Waals surface area contributed by atoms with Gasteiger partial charge in [-0.1, -0.05) is 55.8 Å². The number of hydrogen-bond donors (Lipinski definition) is 1. The standard InChI is InChI=1S/C24H30ClN3O3/c1-4-27(5-2)14-12-26-23(29)20-15-19(25)16-21-22(20)31-17(3)24(30)28(21)13-11-18-9-7-6-8-10-18/h6-10,15-17H,4-5,11-14H2,1-3H3,(H,26,29). The average molecular weight is 444 g/mol. The molecule has 6 nitrogen and oxygen atoms in total. The maximum Gasteiger partial charge on any atom is 0.267 e. The first kappa shape index (κ1) is 23.1. The Morgan fingerprint density at radius 1 is 1.19 bits per heavy atom. The molecular weight excluding hydrogens is 414 g/mol. The highest BCUT2D eigenvalue weighted by Crippen LogP contribution is 2.39. The van der Waals surface area contributed by atoms with Crippen LogP contribution in [0.3, 0.4) is 0 Å². The van der Waals surface area contributed by atoms with Crippen molar-refractivity contribution in [2.75, 3.05) is 37.6 Å². The molecule has 2 aromatic rings. The Hall–Kier alpha value is -2.57. The summed E-state index contributed by atoms with van der Waals surface area (Å²) in [6.45, 7) is 9.51. The lowest BCUT2D eigenvalue weighted by molar-refractivity contribution is -0.125. The molecule has 1 N–H and O–H groups in total. The van der Waals surface area contributed by atoms with Gasteiger partial charge < -0.3 is 19.9 Å². The average Bonchev–Trinajstić information content (AvgIpc) is 2.77. The summed E-state index contributed by atoms with van der Waals surface area (Å²) in [6.07, 6.45) is 0.0167. The number of nitrogens with zero attached hydrogens (tertiary/aromatic N) is 2. The number of fused-ring (bicyclic) bond motifs is 1. The Morgan fingerprint density at radius 3 is 2.58 bits per heavy atom. The normalized spacial score (nSPS) is 15.6. The number of ether oxygens (including phenoxy) is 1. The second-order valence-electron chi connectivity index (χ2n) is 7.57.